The summed E-state index contributed by atoms with van der Waals surface area (Å²) in [6.45, 7) is 3.69. The van der Waals surface area contributed by atoms with Crippen molar-refractivity contribution >= 4 is 11.8 Å². The molecule has 0 radical (unpaired) electrons. The summed E-state index contributed by atoms with van der Waals surface area (Å²) in [6.07, 6.45) is 2.89. The van der Waals surface area contributed by atoms with Crippen molar-refractivity contribution in [1.29, 1.82) is 0 Å². The Labute approximate surface area is 143 Å². The third-order valence-electron chi connectivity index (χ3n) is 4.44. The highest BCUT2D eigenvalue weighted by molar-refractivity contribution is 5.87. The molecule has 4 N–H and O–H groups in total. The van der Waals surface area contributed by atoms with Gasteiger partial charge in [-0.15, -0.1) is 0 Å². The lowest BCUT2D eigenvalue weighted by atomic mass is 9.87. The molecule has 0 saturated heterocycles. The average Bonchev–Trinajstić information content (AvgIpc) is 2.58. The lowest BCUT2D eigenvalue weighted by Crippen LogP contribution is -2.47. The molecule has 0 aliphatic heterocycles. The zero-order valence-electron chi connectivity index (χ0n) is 14.6. The van der Waals surface area contributed by atoms with Gasteiger partial charge in [-0.2, -0.15) is 0 Å². The van der Waals surface area contributed by atoms with E-state index in [1.165, 1.54) is 5.56 Å². The van der Waals surface area contributed by atoms with E-state index in [0.717, 1.165) is 30.6 Å². The predicted molar refractivity (Wildman–Crippen MR) is 92.6 cm³/mol. The molecule has 1 aliphatic rings. The summed E-state index contributed by atoms with van der Waals surface area (Å²) in [7, 11) is 1.65. The van der Waals surface area contributed by atoms with Crippen molar-refractivity contribution in [2.24, 2.45) is 11.7 Å². The fourth-order valence-corrected chi connectivity index (χ4v) is 2.90. The molecular weight excluding hydrogens is 306 g/mol. The lowest BCUT2D eigenvalue weighted by Gasteiger charge is -2.27. The summed E-state index contributed by atoms with van der Waals surface area (Å²) in [4.78, 5) is 24.0. The minimum absolute atomic E-state index is 0.0252. The molecule has 0 fully saturated rings. The van der Waals surface area contributed by atoms with E-state index >= 15 is 0 Å². The second kappa shape index (κ2) is 8.15. The fraction of sp³-hybridized carbons (Fsp3) is 0.556. The van der Waals surface area contributed by atoms with Crippen LogP contribution in [0.4, 0.5) is 0 Å². The van der Waals surface area contributed by atoms with E-state index in [1.54, 1.807) is 7.11 Å². The molecule has 1 unspecified atom stereocenters. The largest absolute Gasteiger partial charge is 0.497 e. The normalized spacial score (nSPS) is 17.8. The fourth-order valence-electron chi connectivity index (χ4n) is 2.90. The number of nitrogens with one attached hydrogen (secondary N) is 2. The first-order chi connectivity index (χ1) is 11.4. The van der Waals surface area contributed by atoms with Crippen molar-refractivity contribution in [2.75, 3.05) is 13.7 Å². The number of benzene rings is 1. The Morgan fingerprint density at radius 3 is 2.79 bits per heavy atom. The highest BCUT2D eigenvalue weighted by atomic mass is 16.5. The third kappa shape index (κ3) is 4.47. The standard InChI is InChI=1S/C18H27N3O3/c1-11(2)17(19)18(23)20-10-16(22)21-15-6-4-5-12-9-13(24-3)7-8-14(12)15/h7-9,11,15,17H,4-6,10,19H2,1-3H3,(H,20,23)(H,21,22)/t15?,17-/m0/s1. The first-order valence-electron chi connectivity index (χ1n) is 8.41. The molecule has 0 spiro atoms. The number of rotatable bonds is 6. The number of hydrogen-bond acceptors (Lipinski definition) is 4. The van der Waals surface area contributed by atoms with Crippen LogP contribution in [0.5, 0.6) is 5.75 Å². The second-order valence-electron chi connectivity index (χ2n) is 6.56. The Bertz CT molecular complexity index is 601. The second-order valence-corrected chi connectivity index (χ2v) is 6.56. The van der Waals surface area contributed by atoms with Gasteiger partial charge >= 0.3 is 0 Å². The number of carbonyl (C=O) groups excluding carboxylic acids is 2. The van der Waals surface area contributed by atoms with Crippen LogP contribution in [-0.4, -0.2) is 31.5 Å². The topological polar surface area (TPSA) is 93.5 Å². The minimum Gasteiger partial charge on any atom is -0.497 e. The summed E-state index contributed by atoms with van der Waals surface area (Å²) in [5.74, 6) is 0.367. The third-order valence-corrected chi connectivity index (χ3v) is 4.44. The van der Waals surface area contributed by atoms with Crippen LogP contribution < -0.4 is 21.1 Å². The summed E-state index contributed by atoms with van der Waals surface area (Å²) >= 11 is 0. The van der Waals surface area contributed by atoms with Crippen molar-refractivity contribution in [3.05, 3.63) is 29.3 Å². The van der Waals surface area contributed by atoms with Gasteiger partial charge in [0.2, 0.25) is 11.8 Å². The maximum absolute atomic E-state index is 12.1. The van der Waals surface area contributed by atoms with Gasteiger partial charge in [0.05, 0.1) is 25.7 Å². The zero-order valence-corrected chi connectivity index (χ0v) is 14.6. The van der Waals surface area contributed by atoms with Crippen LogP contribution in [0.15, 0.2) is 18.2 Å². The van der Waals surface area contributed by atoms with Gasteiger partial charge in [-0.3, -0.25) is 9.59 Å². The first kappa shape index (κ1) is 18.3. The van der Waals surface area contributed by atoms with E-state index in [4.69, 9.17) is 10.5 Å². The molecule has 24 heavy (non-hydrogen) atoms. The zero-order chi connectivity index (χ0) is 17.7. The van der Waals surface area contributed by atoms with Crippen molar-refractivity contribution in [3.63, 3.8) is 0 Å². The molecule has 0 bridgehead atoms. The van der Waals surface area contributed by atoms with E-state index < -0.39 is 6.04 Å². The van der Waals surface area contributed by atoms with Crippen molar-refractivity contribution in [1.82, 2.24) is 10.6 Å². The van der Waals surface area contributed by atoms with Crippen LogP contribution in [0.3, 0.4) is 0 Å². The molecule has 0 aromatic heterocycles. The SMILES string of the molecule is COc1ccc2c(c1)CCCC2NC(=O)CNC(=O)[C@@H](N)C(C)C. The Morgan fingerprint density at radius 2 is 2.12 bits per heavy atom. The number of amides is 2. The molecule has 1 aromatic carbocycles. The summed E-state index contributed by atoms with van der Waals surface area (Å²) in [6, 6.07) is 5.32. The highest BCUT2D eigenvalue weighted by Gasteiger charge is 2.23. The molecule has 0 heterocycles. The van der Waals surface area contributed by atoms with Gasteiger partial charge in [-0.1, -0.05) is 19.9 Å². The predicted octanol–water partition coefficient (Wildman–Crippen LogP) is 1.29. The summed E-state index contributed by atoms with van der Waals surface area (Å²) < 4.78 is 5.26. The number of hydrogen-bond donors (Lipinski definition) is 3. The number of carbonyl (C=O) groups is 2. The quantitative estimate of drug-likeness (QED) is 0.731. The van der Waals surface area contributed by atoms with Gasteiger partial charge in [0, 0.05) is 0 Å². The number of fused-ring (bicyclic) bond motifs is 1. The van der Waals surface area contributed by atoms with Crippen LogP contribution in [0.2, 0.25) is 0 Å². The molecule has 2 amide bonds. The number of nitrogens with two attached hydrogens (primary N) is 1. The van der Waals surface area contributed by atoms with Crippen LogP contribution in [-0.2, 0) is 16.0 Å². The Hall–Kier alpha value is -2.08. The minimum atomic E-state index is -0.597. The van der Waals surface area contributed by atoms with Gasteiger partial charge in [0.15, 0.2) is 0 Å². The maximum Gasteiger partial charge on any atom is 0.239 e. The first-order valence-corrected chi connectivity index (χ1v) is 8.41. The van der Waals surface area contributed by atoms with Crippen LogP contribution >= 0.6 is 0 Å². The van der Waals surface area contributed by atoms with Gasteiger partial charge in [-0.05, 0) is 48.4 Å². The van der Waals surface area contributed by atoms with E-state index in [2.05, 4.69) is 10.6 Å². The number of aryl methyl sites for hydroxylation is 1. The van der Waals surface area contributed by atoms with Crippen molar-refractivity contribution in [2.45, 2.75) is 45.2 Å². The smallest absolute Gasteiger partial charge is 0.239 e. The van der Waals surface area contributed by atoms with Gasteiger partial charge in [-0.25, -0.2) is 0 Å². The molecule has 0 saturated carbocycles. The summed E-state index contributed by atoms with van der Waals surface area (Å²) in [5, 5.41) is 5.60. The van der Waals surface area contributed by atoms with Crippen LogP contribution in [0, 0.1) is 5.92 Å². The number of methoxy groups -OCH3 is 1. The van der Waals surface area contributed by atoms with Gasteiger partial charge in [0.25, 0.3) is 0 Å². The van der Waals surface area contributed by atoms with Crippen LogP contribution in [0.25, 0.3) is 0 Å². The Morgan fingerprint density at radius 1 is 1.38 bits per heavy atom. The van der Waals surface area contributed by atoms with Gasteiger partial charge < -0.3 is 21.1 Å². The molecule has 2 atom stereocenters. The van der Waals surface area contributed by atoms with E-state index in [1.807, 2.05) is 32.0 Å². The average molecular weight is 333 g/mol. The molecule has 6 nitrogen and oxygen atoms in total. The Kier molecular flexibility index (Phi) is 6.20. The van der Waals surface area contributed by atoms with Crippen LogP contribution in [0.1, 0.15) is 43.9 Å². The molecule has 6 heteroatoms. The lowest BCUT2D eigenvalue weighted by molar-refractivity contribution is -0.127. The molecule has 2 rings (SSSR count). The van der Waals surface area contributed by atoms with Crippen molar-refractivity contribution < 1.29 is 14.3 Å². The monoisotopic (exact) mass is 333 g/mol. The summed E-state index contributed by atoms with van der Waals surface area (Å²) in [5.41, 5.74) is 8.10. The van der Waals surface area contributed by atoms with E-state index in [9.17, 15) is 9.59 Å². The number of ether oxygens (including phenoxy) is 1. The molecule has 132 valence electrons. The molecular formula is C18H27N3O3. The van der Waals surface area contributed by atoms with Gasteiger partial charge in [0.1, 0.15) is 5.75 Å². The molecule has 1 aliphatic carbocycles. The van der Waals surface area contributed by atoms with E-state index in [0.29, 0.717) is 0 Å². The molecule has 1 aromatic rings. The Balaban J connectivity index is 1.93. The highest BCUT2D eigenvalue weighted by Crippen LogP contribution is 2.32. The van der Waals surface area contributed by atoms with E-state index in [-0.39, 0.29) is 30.3 Å². The van der Waals surface area contributed by atoms with Crippen molar-refractivity contribution in [3.8, 4) is 5.75 Å². The maximum atomic E-state index is 12.1.